The van der Waals surface area contributed by atoms with Crippen molar-refractivity contribution in [1.82, 2.24) is 0 Å². The van der Waals surface area contributed by atoms with Gasteiger partial charge in [0.2, 0.25) is 5.96 Å². The molecule has 0 atom stereocenters. The van der Waals surface area contributed by atoms with E-state index in [1.807, 2.05) is 24.3 Å². The maximum Gasteiger partial charge on any atom is 0.211 e. The average Bonchev–Trinajstić information content (AvgIpc) is 2.31. The van der Waals surface area contributed by atoms with Gasteiger partial charge in [-0.05, 0) is 36.2 Å². The molecule has 1 aromatic rings. The van der Waals surface area contributed by atoms with E-state index < -0.39 is 0 Å². The molecule has 5 heteroatoms. The average molecular weight is 234 g/mol. The molecule has 0 unspecified atom stereocenters. The Hall–Kier alpha value is -2.04. The van der Waals surface area contributed by atoms with Crippen molar-refractivity contribution in [2.75, 3.05) is 6.61 Å². The lowest BCUT2D eigenvalue weighted by molar-refractivity contribution is 0.309. The number of benzene rings is 1. The van der Waals surface area contributed by atoms with Crippen LogP contribution in [0.2, 0.25) is 0 Å². The zero-order chi connectivity index (χ0) is 12.5. The Morgan fingerprint density at radius 3 is 2.59 bits per heavy atom. The van der Waals surface area contributed by atoms with Crippen LogP contribution in [0.4, 0.5) is 0 Å². The molecule has 4 N–H and O–H groups in total. The zero-order valence-corrected chi connectivity index (χ0v) is 9.97. The van der Waals surface area contributed by atoms with Gasteiger partial charge in [-0.3, -0.25) is 0 Å². The summed E-state index contributed by atoms with van der Waals surface area (Å²) >= 11 is 0. The van der Waals surface area contributed by atoms with E-state index in [0.717, 1.165) is 30.8 Å². The molecule has 0 bridgehead atoms. The third-order valence-corrected chi connectivity index (χ3v) is 2.03. The fraction of sp³-hybridized carbons (Fsp3) is 0.333. The summed E-state index contributed by atoms with van der Waals surface area (Å²) in [5, 5.41) is 7.23. The van der Waals surface area contributed by atoms with Crippen molar-refractivity contribution in [2.24, 2.45) is 21.7 Å². The highest BCUT2D eigenvalue weighted by Gasteiger charge is 1.93. The van der Waals surface area contributed by atoms with E-state index in [9.17, 15) is 0 Å². The molecule has 92 valence electrons. The van der Waals surface area contributed by atoms with Gasteiger partial charge in [0.1, 0.15) is 5.75 Å². The van der Waals surface area contributed by atoms with Crippen LogP contribution in [-0.4, -0.2) is 18.8 Å². The summed E-state index contributed by atoms with van der Waals surface area (Å²) in [5.41, 5.74) is 11.2. The summed E-state index contributed by atoms with van der Waals surface area (Å²) in [6, 6.07) is 7.58. The highest BCUT2D eigenvalue weighted by Crippen LogP contribution is 2.11. The Labute approximate surface area is 101 Å². The first-order valence-corrected chi connectivity index (χ1v) is 5.57. The molecule has 1 aromatic carbocycles. The van der Waals surface area contributed by atoms with Crippen LogP contribution in [-0.2, 0) is 0 Å². The summed E-state index contributed by atoms with van der Waals surface area (Å²) in [5.74, 6) is 0.804. The molecule has 1 rings (SSSR count). The van der Waals surface area contributed by atoms with Crippen molar-refractivity contribution in [3.63, 3.8) is 0 Å². The Kier molecular flexibility index (Phi) is 5.57. The minimum atomic E-state index is -0.0548. The number of rotatable bonds is 6. The van der Waals surface area contributed by atoms with Gasteiger partial charge in [-0.2, -0.15) is 5.10 Å². The first kappa shape index (κ1) is 13.0. The third kappa shape index (κ3) is 5.55. The van der Waals surface area contributed by atoms with Crippen LogP contribution in [0.15, 0.2) is 34.5 Å². The van der Waals surface area contributed by atoms with E-state index in [0.29, 0.717) is 0 Å². The van der Waals surface area contributed by atoms with Crippen LogP contribution >= 0.6 is 0 Å². The summed E-state index contributed by atoms with van der Waals surface area (Å²) in [6.45, 7) is 2.88. The molecule has 0 saturated heterocycles. The molecule has 0 radical (unpaired) electrons. The first-order chi connectivity index (χ1) is 8.22. The van der Waals surface area contributed by atoms with Crippen molar-refractivity contribution in [3.05, 3.63) is 29.8 Å². The smallest absolute Gasteiger partial charge is 0.211 e. The highest BCUT2D eigenvalue weighted by molar-refractivity contribution is 5.81. The number of unbranched alkanes of at least 4 members (excludes halogenated alkanes) is 1. The fourth-order valence-electron chi connectivity index (χ4n) is 1.15. The van der Waals surface area contributed by atoms with E-state index in [1.165, 1.54) is 0 Å². The van der Waals surface area contributed by atoms with E-state index in [-0.39, 0.29) is 5.96 Å². The summed E-state index contributed by atoms with van der Waals surface area (Å²) in [7, 11) is 0. The van der Waals surface area contributed by atoms with Crippen LogP contribution in [0.1, 0.15) is 25.3 Å². The molecule has 0 saturated carbocycles. The van der Waals surface area contributed by atoms with E-state index in [4.69, 9.17) is 16.2 Å². The minimum absolute atomic E-state index is 0.0548. The largest absolute Gasteiger partial charge is 0.494 e. The number of guanidine groups is 1. The molecule has 0 aromatic heterocycles. The van der Waals surface area contributed by atoms with Gasteiger partial charge in [0, 0.05) is 0 Å². The molecule has 0 aliphatic carbocycles. The van der Waals surface area contributed by atoms with Gasteiger partial charge in [0.05, 0.1) is 12.8 Å². The molecule has 17 heavy (non-hydrogen) atoms. The lowest BCUT2D eigenvalue weighted by Crippen LogP contribution is -2.21. The Morgan fingerprint density at radius 2 is 2.00 bits per heavy atom. The standard InChI is InChI=1S/C12H18N4O/c1-2-3-8-17-11-6-4-10(5-7-11)9-15-16-12(13)14/h4-7,9H,2-3,8H2,1H3,(H4,13,14,16). The predicted molar refractivity (Wildman–Crippen MR) is 70.2 cm³/mol. The third-order valence-electron chi connectivity index (χ3n) is 2.03. The van der Waals surface area contributed by atoms with Crippen molar-refractivity contribution in [2.45, 2.75) is 19.8 Å². The molecule has 0 heterocycles. The van der Waals surface area contributed by atoms with Gasteiger partial charge in [-0.1, -0.05) is 13.3 Å². The van der Waals surface area contributed by atoms with Crippen LogP contribution in [0.3, 0.4) is 0 Å². The lowest BCUT2D eigenvalue weighted by Gasteiger charge is -2.04. The second kappa shape index (κ2) is 7.27. The zero-order valence-electron chi connectivity index (χ0n) is 9.97. The molecule has 0 spiro atoms. The van der Waals surface area contributed by atoms with Crippen LogP contribution < -0.4 is 16.2 Å². The Balaban J connectivity index is 2.50. The van der Waals surface area contributed by atoms with Crippen LogP contribution in [0, 0.1) is 0 Å². The van der Waals surface area contributed by atoms with Crippen LogP contribution in [0.5, 0.6) is 5.75 Å². The maximum absolute atomic E-state index is 5.53. The maximum atomic E-state index is 5.53. The first-order valence-electron chi connectivity index (χ1n) is 5.57. The van der Waals surface area contributed by atoms with E-state index in [1.54, 1.807) is 6.21 Å². The molecule has 0 fully saturated rings. The number of hydrogen-bond donors (Lipinski definition) is 2. The van der Waals surface area contributed by atoms with Gasteiger partial charge in [0.25, 0.3) is 0 Å². The molecular formula is C12H18N4O. The lowest BCUT2D eigenvalue weighted by atomic mass is 10.2. The highest BCUT2D eigenvalue weighted by atomic mass is 16.5. The Bertz CT molecular complexity index is 380. The minimum Gasteiger partial charge on any atom is -0.494 e. The second-order valence-corrected chi connectivity index (χ2v) is 3.54. The van der Waals surface area contributed by atoms with Gasteiger partial charge in [-0.25, -0.2) is 0 Å². The van der Waals surface area contributed by atoms with Gasteiger partial charge < -0.3 is 16.2 Å². The van der Waals surface area contributed by atoms with E-state index in [2.05, 4.69) is 17.1 Å². The van der Waals surface area contributed by atoms with Crippen molar-refractivity contribution < 1.29 is 4.74 Å². The quantitative estimate of drug-likeness (QED) is 0.338. The molecule has 5 nitrogen and oxygen atoms in total. The summed E-state index contributed by atoms with van der Waals surface area (Å²) < 4.78 is 5.53. The van der Waals surface area contributed by atoms with Gasteiger partial charge in [0.15, 0.2) is 0 Å². The second-order valence-electron chi connectivity index (χ2n) is 3.54. The fourth-order valence-corrected chi connectivity index (χ4v) is 1.15. The number of nitrogens with zero attached hydrogens (tertiary/aromatic N) is 2. The molecular weight excluding hydrogens is 216 g/mol. The Morgan fingerprint density at radius 1 is 1.29 bits per heavy atom. The monoisotopic (exact) mass is 234 g/mol. The number of ether oxygens (including phenoxy) is 1. The molecule has 0 amide bonds. The van der Waals surface area contributed by atoms with Crippen molar-refractivity contribution in [3.8, 4) is 5.75 Å². The number of hydrogen-bond acceptors (Lipinski definition) is 3. The topological polar surface area (TPSA) is 86.0 Å². The SMILES string of the molecule is CCCCOc1ccc(C=NN=C(N)N)cc1. The normalized spacial score (nSPS) is 10.4. The molecule has 0 aliphatic rings. The van der Waals surface area contributed by atoms with Gasteiger partial charge >= 0.3 is 0 Å². The van der Waals surface area contributed by atoms with E-state index >= 15 is 0 Å². The van der Waals surface area contributed by atoms with Crippen LogP contribution in [0.25, 0.3) is 0 Å². The predicted octanol–water partition coefficient (Wildman–Crippen LogP) is 1.47. The van der Waals surface area contributed by atoms with Crippen molar-refractivity contribution >= 4 is 12.2 Å². The van der Waals surface area contributed by atoms with Crippen molar-refractivity contribution in [1.29, 1.82) is 0 Å². The summed E-state index contributed by atoms with van der Waals surface area (Å²) in [4.78, 5) is 0. The number of nitrogens with two attached hydrogens (primary N) is 2. The summed E-state index contributed by atoms with van der Waals surface area (Å²) in [6.07, 6.45) is 3.77. The molecule has 0 aliphatic heterocycles. The van der Waals surface area contributed by atoms with Gasteiger partial charge in [-0.15, -0.1) is 5.10 Å².